The van der Waals surface area contributed by atoms with Gasteiger partial charge in [0.2, 0.25) is 0 Å². The van der Waals surface area contributed by atoms with Gasteiger partial charge < -0.3 is 10.1 Å². The molecule has 1 aliphatic heterocycles. The van der Waals surface area contributed by atoms with E-state index in [1.54, 1.807) is 20.8 Å². The molecule has 1 aliphatic rings. The van der Waals surface area contributed by atoms with Gasteiger partial charge in [0.25, 0.3) is 9.24 Å². The maximum Gasteiger partial charge on any atom is 0.407 e. The van der Waals surface area contributed by atoms with Crippen LogP contribution in [-0.4, -0.2) is 43.5 Å². The van der Waals surface area contributed by atoms with Crippen molar-refractivity contribution in [3.63, 3.8) is 0 Å². The summed E-state index contributed by atoms with van der Waals surface area (Å²) < 4.78 is 28.3. The molecule has 0 bridgehead atoms. The molecule has 0 spiro atoms. The maximum atomic E-state index is 11.4. The molecule has 1 amide bonds. The van der Waals surface area contributed by atoms with Crippen molar-refractivity contribution < 1.29 is 17.9 Å². The average Bonchev–Trinajstić information content (AvgIpc) is 2.47. The van der Waals surface area contributed by atoms with Gasteiger partial charge in [0.05, 0.1) is 0 Å². The quantitative estimate of drug-likeness (QED) is 0.770. The highest BCUT2D eigenvalue weighted by molar-refractivity contribution is 8.11. The van der Waals surface area contributed by atoms with Crippen LogP contribution in [0.15, 0.2) is 0 Å². The molecule has 0 aromatic rings. The molecule has 1 heterocycles. The third-order valence-electron chi connectivity index (χ3n) is 2.18. The first-order chi connectivity index (χ1) is 7.58. The first-order valence-corrected chi connectivity index (χ1v) is 7.54. The Labute approximate surface area is 106 Å². The van der Waals surface area contributed by atoms with Crippen molar-refractivity contribution >= 4 is 26.0 Å². The first-order valence-electron chi connectivity index (χ1n) is 5.27. The molecule has 0 aromatic carbocycles. The number of ether oxygens (including phenoxy) is 1. The summed E-state index contributed by atoms with van der Waals surface area (Å²) in [7, 11) is 1.51. The fraction of sp³-hybridized carbons (Fsp3) is 0.889. The Hall–Kier alpha value is -0.530. The van der Waals surface area contributed by atoms with Crippen LogP contribution in [0.4, 0.5) is 4.79 Å². The SMILES string of the molecule is CC(C)(C)OC(=O)N[C@H]1CCN(S(=O)(=O)Cl)C1. The zero-order valence-electron chi connectivity index (χ0n) is 10.1. The number of nitrogens with zero attached hydrogens (tertiary/aromatic N) is 1. The van der Waals surface area contributed by atoms with Gasteiger partial charge in [0, 0.05) is 29.8 Å². The molecule has 1 N–H and O–H groups in total. The smallest absolute Gasteiger partial charge is 0.407 e. The van der Waals surface area contributed by atoms with E-state index in [1.807, 2.05) is 0 Å². The van der Waals surface area contributed by atoms with Gasteiger partial charge in [-0.1, -0.05) is 0 Å². The number of carbonyl (C=O) groups is 1. The lowest BCUT2D eigenvalue weighted by Crippen LogP contribution is -2.40. The van der Waals surface area contributed by atoms with Gasteiger partial charge in [-0.3, -0.25) is 0 Å². The molecule has 1 fully saturated rings. The minimum atomic E-state index is -3.69. The van der Waals surface area contributed by atoms with Crippen LogP contribution in [-0.2, 0) is 14.0 Å². The number of halogens is 1. The van der Waals surface area contributed by atoms with Crippen LogP contribution >= 0.6 is 10.7 Å². The van der Waals surface area contributed by atoms with Crippen molar-refractivity contribution in [2.75, 3.05) is 13.1 Å². The van der Waals surface area contributed by atoms with Crippen molar-refractivity contribution in [2.24, 2.45) is 0 Å². The highest BCUT2D eigenvalue weighted by atomic mass is 35.7. The Morgan fingerprint density at radius 1 is 1.47 bits per heavy atom. The molecule has 1 atom stereocenters. The molecule has 0 aliphatic carbocycles. The number of carbonyl (C=O) groups excluding carboxylic acids is 1. The lowest BCUT2D eigenvalue weighted by atomic mass is 10.2. The maximum absolute atomic E-state index is 11.4. The van der Waals surface area contributed by atoms with Crippen molar-refractivity contribution in [3.8, 4) is 0 Å². The minimum Gasteiger partial charge on any atom is -0.444 e. The molecule has 1 rings (SSSR count). The largest absolute Gasteiger partial charge is 0.444 e. The Morgan fingerprint density at radius 3 is 2.47 bits per heavy atom. The standard InChI is InChI=1S/C9H17ClN2O4S/c1-9(2,3)16-8(13)11-7-4-5-12(6-7)17(10,14)15/h7H,4-6H2,1-3H3,(H,11,13)/t7-/m0/s1. The summed E-state index contributed by atoms with van der Waals surface area (Å²) in [5.41, 5.74) is -0.569. The molecule has 17 heavy (non-hydrogen) atoms. The van der Waals surface area contributed by atoms with E-state index >= 15 is 0 Å². The number of alkyl carbamates (subject to hydrolysis) is 1. The van der Waals surface area contributed by atoms with E-state index in [-0.39, 0.29) is 12.6 Å². The summed E-state index contributed by atoms with van der Waals surface area (Å²) in [6.07, 6.45) is -0.0121. The predicted octanol–water partition coefficient (Wildman–Crippen LogP) is 1.07. The van der Waals surface area contributed by atoms with Crippen molar-refractivity contribution in [3.05, 3.63) is 0 Å². The lowest BCUT2D eigenvalue weighted by molar-refractivity contribution is 0.0507. The van der Waals surface area contributed by atoms with E-state index in [1.165, 1.54) is 0 Å². The second kappa shape index (κ2) is 4.99. The number of amides is 1. The van der Waals surface area contributed by atoms with Gasteiger partial charge in [-0.05, 0) is 27.2 Å². The van der Waals surface area contributed by atoms with Crippen LogP contribution in [0.25, 0.3) is 0 Å². The molecule has 100 valence electrons. The van der Waals surface area contributed by atoms with E-state index in [0.717, 1.165) is 4.31 Å². The van der Waals surface area contributed by atoms with Gasteiger partial charge in [-0.25, -0.2) is 4.79 Å². The fourth-order valence-corrected chi connectivity index (χ4v) is 2.58. The van der Waals surface area contributed by atoms with Crippen LogP contribution in [0.1, 0.15) is 27.2 Å². The van der Waals surface area contributed by atoms with Gasteiger partial charge >= 0.3 is 6.09 Å². The van der Waals surface area contributed by atoms with Gasteiger partial charge in [0.15, 0.2) is 0 Å². The summed E-state index contributed by atoms with van der Waals surface area (Å²) >= 11 is 0. The molecular weight excluding hydrogens is 268 g/mol. The Kier molecular flexibility index (Phi) is 4.27. The fourth-order valence-electron chi connectivity index (χ4n) is 1.52. The molecule has 0 saturated carbocycles. The zero-order valence-corrected chi connectivity index (χ0v) is 11.6. The summed E-state index contributed by atoms with van der Waals surface area (Å²) in [6, 6.07) is -0.252. The Morgan fingerprint density at radius 2 is 2.06 bits per heavy atom. The number of hydrogen-bond acceptors (Lipinski definition) is 4. The van der Waals surface area contributed by atoms with Crippen molar-refractivity contribution in [2.45, 2.75) is 38.8 Å². The average molecular weight is 285 g/mol. The lowest BCUT2D eigenvalue weighted by Gasteiger charge is -2.21. The molecule has 1 saturated heterocycles. The molecule has 0 aromatic heterocycles. The monoisotopic (exact) mass is 284 g/mol. The highest BCUT2D eigenvalue weighted by Gasteiger charge is 2.31. The van der Waals surface area contributed by atoms with Gasteiger partial charge in [0.1, 0.15) is 5.60 Å². The van der Waals surface area contributed by atoms with E-state index < -0.39 is 20.9 Å². The molecular formula is C9H17ClN2O4S. The normalized spacial score (nSPS) is 22.5. The molecule has 0 radical (unpaired) electrons. The first kappa shape index (κ1) is 14.5. The molecule has 6 nitrogen and oxygen atoms in total. The summed E-state index contributed by atoms with van der Waals surface area (Å²) in [4.78, 5) is 11.4. The minimum absolute atomic E-state index is 0.186. The molecule has 0 unspecified atom stereocenters. The predicted molar refractivity (Wildman–Crippen MR) is 64.1 cm³/mol. The van der Waals surface area contributed by atoms with Crippen LogP contribution in [0, 0.1) is 0 Å². The van der Waals surface area contributed by atoms with E-state index in [2.05, 4.69) is 5.32 Å². The summed E-state index contributed by atoms with van der Waals surface area (Å²) in [5, 5.41) is 2.61. The third kappa shape index (κ3) is 5.10. The third-order valence-corrected chi connectivity index (χ3v) is 3.71. The van der Waals surface area contributed by atoms with Crippen molar-refractivity contribution in [1.29, 1.82) is 0 Å². The summed E-state index contributed by atoms with van der Waals surface area (Å²) in [6.45, 7) is 5.78. The van der Waals surface area contributed by atoms with Crippen LogP contribution < -0.4 is 5.32 Å². The van der Waals surface area contributed by atoms with E-state index in [0.29, 0.717) is 13.0 Å². The van der Waals surface area contributed by atoms with Crippen LogP contribution in [0.3, 0.4) is 0 Å². The molecule has 8 heteroatoms. The zero-order chi connectivity index (χ0) is 13.3. The van der Waals surface area contributed by atoms with Gasteiger partial charge in [-0.15, -0.1) is 0 Å². The highest BCUT2D eigenvalue weighted by Crippen LogP contribution is 2.17. The Balaban J connectivity index is 2.44. The van der Waals surface area contributed by atoms with E-state index in [9.17, 15) is 13.2 Å². The Bertz CT molecular complexity index is 390. The van der Waals surface area contributed by atoms with Crippen LogP contribution in [0.5, 0.6) is 0 Å². The number of nitrogens with one attached hydrogen (secondary N) is 1. The van der Waals surface area contributed by atoms with E-state index in [4.69, 9.17) is 15.4 Å². The van der Waals surface area contributed by atoms with Crippen LogP contribution in [0.2, 0.25) is 0 Å². The number of rotatable bonds is 2. The second-order valence-corrected chi connectivity index (χ2v) is 7.44. The summed E-state index contributed by atoms with van der Waals surface area (Å²) in [5.74, 6) is 0. The van der Waals surface area contributed by atoms with Gasteiger partial charge in [-0.2, -0.15) is 12.7 Å². The number of hydrogen-bond donors (Lipinski definition) is 1. The second-order valence-electron chi connectivity index (χ2n) is 4.93. The topological polar surface area (TPSA) is 75.7 Å². The van der Waals surface area contributed by atoms with Crippen molar-refractivity contribution in [1.82, 2.24) is 9.62 Å².